The summed E-state index contributed by atoms with van der Waals surface area (Å²) in [5, 5.41) is 2.15. The minimum atomic E-state index is 0.856. The molecule has 2 rings (SSSR count). The second-order valence-electron chi connectivity index (χ2n) is 3.50. The Kier molecular flexibility index (Phi) is 3.30. The van der Waals surface area contributed by atoms with Gasteiger partial charge in [-0.1, -0.05) is 6.07 Å². The molecule has 1 aromatic rings. The van der Waals surface area contributed by atoms with E-state index in [-0.39, 0.29) is 0 Å². The van der Waals surface area contributed by atoms with E-state index in [1.165, 1.54) is 17.7 Å². The number of thiophene rings is 1. The van der Waals surface area contributed by atoms with Crippen LogP contribution in [0.3, 0.4) is 0 Å². The number of rotatable bonds is 5. The fourth-order valence-electron chi connectivity index (χ4n) is 1.56. The van der Waals surface area contributed by atoms with E-state index < -0.39 is 0 Å². The van der Waals surface area contributed by atoms with Crippen molar-refractivity contribution in [3.63, 3.8) is 0 Å². The van der Waals surface area contributed by atoms with Crippen LogP contribution in [0.25, 0.3) is 0 Å². The van der Waals surface area contributed by atoms with Gasteiger partial charge in [0.25, 0.3) is 0 Å². The van der Waals surface area contributed by atoms with Gasteiger partial charge in [0, 0.05) is 29.8 Å². The second-order valence-corrected chi connectivity index (χ2v) is 4.98. The predicted molar refractivity (Wildman–Crippen MR) is 61.6 cm³/mol. The largest absolute Gasteiger partial charge is 0.295 e. The van der Waals surface area contributed by atoms with Gasteiger partial charge in [0.1, 0.15) is 0 Å². The summed E-state index contributed by atoms with van der Waals surface area (Å²) >= 11 is 6.15. The van der Waals surface area contributed by atoms with Gasteiger partial charge in [-0.2, -0.15) is 12.6 Å². The molecule has 0 aliphatic heterocycles. The Morgan fingerprint density at radius 2 is 2.38 bits per heavy atom. The molecule has 0 aromatic carbocycles. The molecule has 0 bridgehead atoms. The highest BCUT2D eigenvalue weighted by Gasteiger charge is 2.28. The molecule has 0 amide bonds. The lowest BCUT2D eigenvalue weighted by atomic mass is 10.4. The fourth-order valence-corrected chi connectivity index (χ4v) is 2.55. The Bertz CT molecular complexity index is 241. The molecule has 1 aromatic heterocycles. The summed E-state index contributed by atoms with van der Waals surface area (Å²) in [6.07, 6.45) is 2.78. The molecule has 0 radical (unpaired) electrons. The minimum Gasteiger partial charge on any atom is -0.295 e. The van der Waals surface area contributed by atoms with Crippen LogP contribution in [0.1, 0.15) is 17.7 Å². The first-order valence-corrected chi connectivity index (χ1v) is 6.28. The monoisotopic (exact) mass is 213 g/mol. The van der Waals surface area contributed by atoms with Crippen molar-refractivity contribution in [2.45, 2.75) is 25.4 Å². The molecule has 72 valence electrons. The van der Waals surface area contributed by atoms with Crippen LogP contribution in [-0.2, 0) is 6.54 Å². The van der Waals surface area contributed by atoms with Crippen molar-refractivity contribution in [2.75, 3.05) is 12.3 Å². The first-order chi connectivity index (χ1) is 6.40. The van der Waals surface area contributed by atoms with E-state index in [0.29, 0.717) is 0 Å². The van der Waals surface area contributed by atoms with Gasteiger partial charge in [0.05, 0.1) is 0 Å². The number of nitrogens with zero attached hydrogens (tertiary/aromatic N) is 1. The highest BCUT2D eigenvalue weighted by atomic mass is 32.1. The maximum Gasteiger partial charge on any atom is 0.0331 e. The molecule has 0 spiro atoms. The van der Waals surface area contributed by atoms with Crippen LogP contribution < -0.4 is 0 Å². The molecule has 1 fully saturated rings. The number of hydrogen-bond donors (Lipinski definition) is 1. The van der Waals surface area contributed by atoms with Crippen LogP contribution in [0.5, 0.6) is 0 Å². The van der Waals surface area contributed by atoms with Gasteiger partial charge >= 0.3 is 0 Å². The molecule has 1 aliphatic carbocycles. The van der Waals surface area contributed by atoms with E-state index in [0.717, 1.165) is 24.9 Å². The highest BCUT2D eigenvalue weighted by molar-refractivity contribution is 7.80. The molecule has 3 heteroatoms. The lowest BCUT2D eigenvalue weighted by Crippen LogP contribution is -2.27. The first-order valence-electron chi connectivity index (χ1n) is 4.77. The second kappa shape index (κ2) is 4.49. The minimum absolute atomic E-state index is 0.856. The van der Waals surface area contributed by atoms with Crippen molar-refractivity contribution in [1.82, 2.24) is 4.90 Å². The summed E-state index contributed by atoms with van der Waals surface area (Å²) in [5.41, 5.74) is 0. The van der Waals surface area contributed by atoms with E-state index in [9.17, 15) is 0 Å². The van der Waals surface area contributed by atoms with Crippen molar-refractivity contribution in [2.24, 2.45) is 0 Å². The van der Waals surface area contributed by atoms with Gasteiger partial charge in [-0.05, 0) is 24.3 Å². The average Bonchev–Trinajstić information content (AvgIpc) is 2.85. The summed E-state index contributed by atoms with van der Waals surface area (Å²) < 4.78 is 0. The zero-order valence-electron chi connectivity index (χ0n) is 7.65. The van der Waals surface area contributed by atoms with E-state index in [1.54, 1.807) is 0 Å². The highest BCUT2D eigenvalue weighted by Crippen LogP contribution is 2.28. The van der Waals surface area contributed by atoms with Gasteiger partial charge in [0.15, 0.2) is 0 Å². The van der Waals surface area contributed by atoms with E-state index >= 15 is 0 Å². The summed E-state index contributed by atoms with van der Waals surface area (Å²) in [6.45, 7) is 2.26. The number of thiol groups is 1. The van der Waals surface area contributed by atoms with Crippen LogP contribution in [0, 0.1) is 0 Å². The lowest BCUT2D eigenvalue weighted by molar-refractivity contribution is 0.274. The van der Waals surface area contributed by atoms with E-state index in [2.05, 4.69) is 35.0 Å². The van der Waals surface area contributed by atoms with E-state index in [4.69, 9.17) is 0 Å². The summed E-state index contributed by atoms with van der Waals surface area (Å²) in [6, 6.07) is 5.21. The van der Waals surface area contributed by atoms with E-state index in [1.807, 2.05) is 11.3 Å². The maximum atomic E-state index is 4.30. The van der Waals surface area contributed by atoms with Gasteiger partial charge in [-0.15, -0.1) is 11.3 Å². The molecular weight excluding hydrogens is 198 g/mol. The zero-order chi connectivity index (χ0) is 9.10. The van der Waals surface area contributed by atoms with Crippen LogP contribution in [-0.4, -0.2) is 23.2 Å². The van der Waals surface area contributed by atoms with Crippen LogP contribution >= 0.6 is 24.0 Å². The van der Waals surface area contributed by atoms with Gasteiger partial charge < -0.3 is 0 Å². The van der Waals surface area contributed by atoms with Crippen molar-refractivity contribution < 1.29 is 0 Å². The smallest absolute Gasteiger partial charge is 0.0331 e. The Morgan fingerprint density at radius 3 is 2.92 bits per heavy atom. The molecule has 1 saturated carbocycles. The number of hydrogen-bond acceptors (Lipinski definition) is 3. The van der Waals surface area contributed by atoms with Gasteiger partial charge in [0.2, 0.25) is 0 Å². The Morgan fingerprint density at radius 1 is 1.54 bits per heavy atom. The maximum absolute atomic E-state index is 4.30. The lowest BCUT2D eigenvalue weighted by Gasteiger charge is -2.19. The third-order valence-electron chi connectivity index (χ3n) is 2.39. The molecule has 0 N–H and O–H groups in total. The fraction of sp³-hybridized carbons (Fsp3) is 0.600. The quantitative estimate of drug-likeness (QED) is 0.736. The van der Waals surface area contributed by atoms with Crippen LogP contribution in [0.15, 0.2) is 17.5 Å². The Balaban J connectivity index is 1.89. The summed E-state index contributed by atoms with van der Waals surface area (Å²) in [4.78, 5) is 4.03. The third-order valence-corrected chi connectivity index (χ3v) is 3.45. The molecule has 1 heterocycles. The van der Waals surface area contributed by atoms with Crippen LogP contribution in [0.4, 0.5) is 0 Å². The van der Waals surface area contributed by atoms with Crippen molar-refractivity contribution in [1.29, 1.82) is 0 Å². The average molecular weight is 213 g/mol. The molecule has 0 saturated heterocycles. The normalized spacial score (nSPS) is 16.8. The summed E-state index contributed by atoms with van der Waals surface area (Å²) in [5.74, 6) is 0.974. The summed E-state index contributed by atoms with van der Waals surface area (Å²) in [7, 11) is 0. The Hall–Kier alpha value is 0.01000. The standard InChI is InChI=1S/C10H15NS2/c12-6-5-11(9-3-4-9)8-10-2-1-7-13-10/h1-2,7,9,12H,3-6,8H2. The van der Waals surface area contributed by atoms with Gasteiger partial charge in [-0.3, -0.25) is 4.90 Å². The molecule has 0 unspecified atom stereocenters. The predicted octanol–water partition coefficient (Wildman–Crippen LogP) is 2.64. The molecule has 13 heavy (non-hydrogen) atoms. The zero-order valence-corrected chi connectivity index (χ0v) is 9.36. The Labute approximate surface area is 89.2 Å². The molecule has 1 aliphatic rings. The molecule has 0 atom stereocenters. The van der Waals surface area contributed by atoms with Crippen molar-refractivity contribution in [3.8, 4) is 0 Å². The molecular formula is C10H15NS2. The van der Waals surface area contributed by atoms with Gasteiger partial charge in [-0.25, -0.2) is 0 Å². The topological polar surface area (TPSA) is 3.24 Å². The van der Waals surface area contributed by atoms with Crippen LogP contribution in [0.2, 0.25) is 0 Å². The first kappa shape index (κ1) is 9.56. The molecule has 1 nitrogen and oxygen atoms in total. The van der Waals surface area contributed by atoms with Crippen molar-refractivity contribution >= 4 is 24.0 Å². The third kappa shape index (κ3) is 2.73. The SMILES string of the molecule is SCCN(Cc1cccs1)C1CC1. The van der Waals surface area contributed by atoms with Crippen molar-refractivity contribution in [3.05, 3.63) is 22.4 Å².